The van der Waals surface area contributed by atoms with Crippen molar-refractivity contribution in [1.29, 1.82) is 0 Å². The Hall–Kier alpha value is -1.05. The molecular weight excluding hydrogens is 312 g/mol. The molecule has 7 heteroatoms. The number of ether oxygens (including phenoxy) is 1. The lowest BCUT2D eigenvalue weighted by molar-refractivity contribution is 0.103. The van der Waals surface area contributed by atoms with Crippen molar-refractivity contribution in [3.8, 4) is 0 Å². The van der Waals surface area contributed by atoms with Crippen LogP contribution in [0.5, 0.6) is 0 Å². The maximum Gasteiger partial charge on any atom is 0.178 e. The number of fused-ring (bicyclic) bond motifs is 1. The van der Waals surface area contributed by atoms with Crippen LogP contribution in [-0.4, -0.2) is 33.4 Å². The third kappa shape index (κ3) is 3.16. The van der Waals surface area contributed by atoms with Crippen molar-refractivity contribution in [3.63, 3.8) is 0 Å². The van der Waals surface area contributed by atoms with E-state index in [9.17, 15) is 17.2 Å². The van der Waals surface area contributed by atoms with Gasteiger partial charge in [-0.25, -0.2) is 17.2 Å². The van der Waals surface area contributed by atoms with Crippen LogP contribution in [0.1, 0.15) is 37.3 Å². The second kappa shape index (κ2) is 6.22. The number of benzene rings is 1. The van der Waals surface area contributed by atoms with Gasteiger partial charge in [-0.15, -0.1) is 0 Å². The second-order valence-electron chi connectivity index (χ2n) is 5.84. The quantitative estimate of drug-likeness (QED) is 0.861. The van der Waals surface area contributed by atoms with Gasteiger partial charge in [-0.1, -0.05) is 0 Å². The van der Waals surface area contributed by atoms with Gasteiger partial charge in [-0.05, 0) is 49.9 Å². The highest BCUT2D eigenvalue weighted by molar-refractivity contribution is 7.91. The zero-order valence-corrected chi connectivity index (χ0v) is 13.0. The molecule has 1 N–H and O–H groups in total. The summed E-state index contributed by atoms with van der Waals surface area (Å²) in [4.78, 5) is -0.0905. The van der Waals surface area contributed by atoms with Crippen LogP contribution in [0.2, 0.25) is 0 Å². The molecule has 1 aromatic rings. The van der Waals surface area contributed by atoms with Crippen LogP contribution >= 0.6 is 0 Å². The topological polar surface area (TPSA) is 55.4 Å². The van der Waals surface area contributed by atoms with Crippen LogP contribution in [0, 0.1) is 11.6 Å². The highest BCUT2D eigenvalue weighted by Crippen LogP contribution is 2.33. The first-order valence-corrected chi connectivity index (χ1v) is 9.19. The second-order valence-corrected chi connectivity index (χ2v) is 7.92. The highest BCUT2D eigenvalue weighted by Gasteiger charge is 2.31. The van der Waals surface area contributed by atoms with Crippen molar-refractivity contribution in [1.82, 2.24) is 5.32 Å². The Morgan fingerprint density at radius 1 is 1.23 bits per heavy atom. The minimum atomic E-state index is -3.53. The predicted octanol–water partition coefficient (Wildman–Crippen LogP) is 2.34. The minimum Gasteiger partial charge on any atom is -0.378 e. The molecular formula is C15H19F2NO3S. The maximum atomic E-state index is 13.5. The Labute approximate surface area is 128 Å². The van der Waals surface area contributed by atoms with Crippen molar-refractivity contribution >= 4 is 9.84 Å². The number of hydrogen-bond donors (Lipinski definition) is 1. The summed E-state index contributed by atoms with van der Waals surface area (Å²) >= 11 is 0. The summed E-state index contributed by atoms with van der Waals surface area (Å²) in [6.45, 7) is 1.45. The molecule has 22 heavy (non-hydrogen) atoms. The third-order valence-electron chi connectivity index (χ3n) is 4.32. The molecule has 0 aliphatic carbocycles. The average Bonchev–Trinajstić information content (AvgIpc) is 2.97. The molecule has 0 aromatic heterocycles. The number of hydrogen-bond acceptors (Lipinski definition) is 4. The van der Waals surface area contributed by atoms with Gasteiger partial charge in [-0.2, -0.15) is 0 Å². The molecule has 0 amide bonds. The van der Waals surface area contributed by atoms with Crippen LogP contribution in [0.15, 0.2) is 17.0 Å². The lowest BCUT2D eigenvalue weighted by atomic mass is 10.0. The summed E-state index contributed by atoms with van der Waals surface area (Å²) in [6.07, 6.45) is 3.55. The van der Waals surface area contributed by atoms with Gasteiger partial charge in [0.25, 0.3) is 0 Å². The predicted molar refractivity (Wildman–Crippen MR) is 77.4 cm³/mol. The molecule has 1 aromatic carbocycles. The van der Waals surface area contributed by atoms with E-state index in [2.05, 4.69) is 5.32 Å². The Kier molecular flexibility index (Phi) is 4.47. The Bertz CT molecular complexity index is 657. The van der Waals surface area contributed by atoms with Gasteiger partial charge < -0.3 is 10.1 Å². The van der Waals surface area contributed by atoms with Gasteiger partial charge in [0.2, 0.25) is 0 Å². The van der Waals surface area contributed by atoms with E-state index < -0.39 is 21.5 Å². The number of rotatable bonds is 4. The van der Waals surface area contributed by atoms with E-state index in [1.54, 1.807) is 0 Å². The van der Waals surface area contributed by atoms with Crippen molar-refractivity contribution in [3.05, 3.63) is 29.3 Å². The first-order valence-electron chi connectivity index (χ1n) is 7.54. The average molecular weight is 331 g/mol. The minimum absolute atomic E-state index is 0.0529. The number of halogens is 2. The molecule has 2 aliphatic heterocycles. The molecule has 122 valence electrons. The summed E-state index contributed by atoms with van der Waals surface area (Å²) in [7, 11) is -3.53. The molecule has 0 spiro atoms. The Morgan fingerprint density at radius 2 is 2.00 bits per heavy atom. The molecule has 0 unspecified atom stereocenters. The van der Waals surface area contributed by atoms with Gasteiger partial charge in [0.05, 0.1) is 16.8 Å². The van der Waals surface area contributed by atoms with E-state index in [0.29, 0.717) is 18.5 Å². The van der Waals surface area contributed by atoms with E-state index in [-0.39, 0.29) is 22.8 Å². The molecule has 2 atom stereocenters. The van der Waals surface area contributed by atoms with Crippen LogP contribution < -0.4 is 5.32 Å². The smallest absolute Gasteiger partial charge is 0.178 e. The molecule has 2 heterocycles. The van der Waals surface area contributed by atoms with Crippen molar-refractivity contribution in [2.24, 2.45) is 0 Å². The summed E-state index contributed by atoms with van der Waals surface area (Å²) < 4.78 is 56.4. The number of nitrogens with one attached hydrogen (secondary N) is 1. The molecule has 0 radical (unpaired) electrons. The fourth-order valence-electron chi connectivity index (χ4n) is 3.13. The van der Waals surface area contributed by atoms with Crippen LogP contribution in [0.25, 0.3) is 0 Å². The Morgan fingerprint density at radius 3 is 2.73 bits per heavy atom. The van der Waals surface area contributed by atoms with Crippen molar-refractivity contribution < 1.29 is 21.9 Å². The first kappa shape index (κ1) is 15.8. The SMILES string of the molecule is O=S1(=O)CC[C@@H](NCC[C@@H]2CCCO2)c2cc(F)c(F)cc21. The molecule has 4 nitrogen and oxygen atoms in total. The zero-order valence-electron chi connectivity index (χ0n) is 12.1. The monoisotopic (exact) mass is 331 g/mol. The van der Waals surface area contributed by atoms with Crippen LogP contribution in [-0.2, 0) is 14.6 Å². The highest BCUT2D eigenvalue weighted by atomic mass is 32.2. The molecule has 1 saturated heterocycles. The molecule has 2 aliphatic rings. The third-order valence-corrected chi connectivity index (χ3v) is 6.12. The van der Waals surface area contributed by atoms with Gasteiger partial charge in [-0.3, -0.25) is 0 Å². The van der Waals surface area contributed by atoms with Crippen LogP contribution in [0.3, 0.4) is 0 Å². The van der Waals surface area contributed by atoms with Gasteiger partial charge >= 0.3 is 0 Å². The largest absolute Gasteiger partial charge is 0.378 e. The van der Waals surface area contributed by atoms with E-state index in [0.717, 1.165) is 38.0 Å². The van der Waals surface area contributed by atoms with E-state index in [4.69, 9.17) is 4.74 Å². The van der Waals surface area contributed by atoms with Gasteiger partial charge in [0, 0.05) is 12.6 Å². The normalized spacial score (nSPS) is 26.8. The van der Waals surface area contributed by atoms with Crippen LogP contribution in [0.4, 0.5) is 8.78 Å². The molecule has 0 bridgehead atoms. The van der Waals surface area contributed by atoms with Gasteiger partial charge in [0.15, 0.2) is 21.5 Å². The molecule has 1 fully saturated rings. The lowest BCUT2D eigenvalue weighted by Crippen LogP contribution is -2.32. The standard InChI is InChI=1S/C15H19F2NO3S/c16-12-8-11-14(18-5-3-10-2-1-6-21-10)4-7-22(19,20)15(11)9-13(12)17/h8-10,14,18H,1-7H2/t10-,14+/m0/s1. The number of sulfone groups is 1. The maximum absolute atomic E-state index is 13.5. The fourth-order valence-corrected chi connectivity index (χ4v) is 4.74. The summed E-state index contributed by atoms with van der Waals surface area (Å²) in [5.41, 5.74) is 0.331. The first-order chi connectivity index (χ1) is 10.5. The zero-order chi connectivity index (χ0) is 15.7. The van der Waals surface area contributed by atoms with E-state index in [1.165, 1.54) is 0 Å². The van der Waals surface area contributed by atoms with Crippen molar-refractivity contribution in [2.45, 2.75) is 42.7 Å². The Balaban J connectivity index is 1.75. The lowest BCUT2D eigenvalue weighted by Gasteiger charge is -2.27. The van der Waals surface area contributed by atoms with E-state index >= 15 is 0 Å². The summed E-state index contributed by atoms with van der Waals surface area (Å²) in [5.74, 6) is -2.19. The van der Waals surface area contributed by atoms with Gasteiger partial charge in [0.1, 0.15) is 0 Å². The summed E-state index contributed by atoms with van der Waals surface area (Å²) in [6, 6.07) is 1.54. The molecule has 3 rings (SSSR count). The van der Waals surface area contributed by atoms with E-state index in [1.807, 2.05) is 0 Å². The molecule has 0 saturated carbocycles. The van der Waals surface area contributed by atoms with Crippen molar-refractivity contribution in [2.75, 3.05) is 18.9 Å². The summed E-state index contributed by atoms with van der Waals surface area (Å²) in [5, 5.41) is 3.26. The fraction of sp³-hybridized carbons (Fsp3) is 0.600.